The summed E-state index contributed by atoms with van der Waals surface area (Å²) in [5.74, 6) is 0.217. The van der Waals surface area contributed by atoms with Gasteiger partial charge in [0.25, 0.3) is 0 Å². The predicted molar refractivity (Wildman–Crippen MR) is 134 cm³/mol. The van der Waals surface area contributed by atoms with Crippen LogP contribution in [0.1, 0.15) is 18.4 Å². The number of esters is 1. The topological polar surface area (TPSA) is 91.1 Å². The summed E-state index contributed by atoms with van der Waals surface area (Å²) in [7, 11) is 1.34. The van der Waals surface area contributed by atoms with Crippen LogP contribution in [0, 0.1) is 5.92 Å². The summed E-state index contributed by atoms with van der Waals surface area (Å²) < 4.78 is 16.2. The normalized spacial score (nSPS) is 15.9. The number of amides is 1. The fraction of sp³-hybridized carbons (Fsp3) is 0.417. The Balaban J connectivity index is 0.00000408. The van der Waals surface area contributed by atoms with Crippen LogP contribution in [-0.2, 0) is 20.7 Å². The molecule has 1 saturated heterocycles. The number of ether oxygens (including phenoxy) is 3. The zero-order chi connectivity index (χ0) is 23.8. The third-order valence-corrected chi connectivity index (χ3v) is 6.16. The summed E-state index contributed by atoms with van der Waals surface area (Å²) in [6.45, 7) is 1.34. The van der Waals surface area contributed by atoms with Gasteiger partial charge in [-0.05, 0) is 49.1 Å². The van der Waals surface area contributed by atoms with Crippen LogP contribution in [0.5, 0.6) is 11.5 Å². The van der Waals surface area contributed by atoms with E-state index in [-0.39, 0.29) is 37.4 Å². The summed E-state index contributed by atoms with van der Waals surface area (Å²) in [6, 6.07) is 12.1. The molecule has 0 aliphatic carbocycles. The second-order valence-electron chi connectivity index (χ2n) is 7.74. The Kier molecular flexibility index (Phi) is 11.2. The Hall–Kier alpha value is -2.19. The van der Waals surface area contributed by atoms with E-state index in [0.29, 0.717) is 47.5 Å². The monoisotopic (exact) mass is 530 g/mol. The van der Waals surface area contributed by atoms with Crippen molar-refractivity contribution in [3.8, 4) is 11.5 Å². The first-order valence-corrected chi connectivity index (χ1v) is 11.6. The van der Waals surface area contributed by atoms with Crippen molar-refractivity contribution < 1.29 is 23.8 Å². The van der Waals surface area contributed by atoms with Crippen LogP contribution in [-0.4, -0.2) is 56.2 Å². The Morgan fingerprint density at radius 3 is 2.35 bits per heavy atom. The van der Waals surface area contributed by atoms with Gasteiger partial charge in [-0.25, -0.2) is 4.79 Å². The van der Waals surface area contributed by atoms with Gasteiger partial charge in [-0.3, -0.25) is 4.79 Å². The molecule has 2 atom stereocenters. The van der Waals surface area contributed by atoms with E-state index in [2.05, 4.69) is 0 Å². The molecule has 0 aromatic heterocycles. The molecule has 1 heterocycles. The highest BCUT2D eigenvalue weighted by molar-refractivity contribution is 6.37. The van der Waals surface area contributed by atoms with Crippen molar-refractivity contribution in [3.05, 3.63) is 58.1 Å². The van der Waals surface area contributed by atoms with Gasteiger partial charge in [0, 0.05) is 13.1 Å². The first kappa shape index (κ1) is 28.1. The van der Waals surface area contributed by atoms with Crippen molar-refractivity contribution in [2.45, 2.75) is 25.3 Å². The molecule has 7 nitrogen and oxygen atoms in total. The average Bonchev–Trinajstić information content (AvgIpc) is 3.31. The third kappa shape index (κ3) is 7.15. The van der Waals surface area contributed by atoms with E-state index in [1.807, 2.05) is 24.3 Å². The van der Waals surface area contributed by atoms with Crippen molar-refractivity contribution in [2.75, 3.05) is 33.4 Å². The van der Waals surface area contributed by atoms with Crippen molar-refractivity contribution in [2.24, 2.45) is 11.7 Å². The molecule has 0 radical (unpaired) electrons. The number of rotatable bonds is 10. The standard InChI is InChI=1S/C24H28Cl2N2O5.ClH/c1-31-24(30)21-6-3-11-28(21)23(29)17(15-27)14-16-7-9-18(10-8-16)32-12-13-33-22-19(25)4-2-5-20(22)26;/h2,4-5,7-10,17,21H,3,6,11-15,27H2,1H3;1H. The molecule has 3 rings (SSSR count). The number of para-hydroxylation sites is 1. The van der Waals surface area contributed by atoms with E-state index >= 15 is 0 Å². The van der Waals surface area contributed by atoms with Gasteiger partial charge in [-0.1, -0.05) is 41.4 Å². The lowest BCUT2D eigenvalue weighted by Gasteiger charge is -2.27. The van der Waals surface area contributed by atoms with Gasteiger partial charge in [-0.2, -0.15) is 0 Å². The lowest BCUT2D eigenvalue weighted by atomic mass is 9.97. The number of nitrogens with zero attached hydrogens (tertiary/aromatic N) is 1. The van der Waals surface area contributed by atoms with Gasteiger partial charge in [0.05, 0.1) is 23.1 Å². The minimum Gasteiger partial charge on any atom is -0.490 e. The molecular formula is C24H29Cl3N2O5. The van der Waals surface area contributed by atoms with E-state index in [0.717, 1.165) is 12.0 Å². The largest absolute Gasteiger partial charge is 0.490 e. The Morgan fingerprint density at radius 2 is 1.74 bits per heavy atom. The number of carbonyl (C=O) groups excluding carboxylic acids is 2. The predicted octanol–water partition coefficient (Wildman–Crippen LogP) is 4.15. The number of hydrogen-bond donors (Lipinski definition) is 1. The summed E-state index contributed by atoms with van der Waals surface area (Å²) in [6.07, 6.45) is 1.88. The van der Waals surface area contributed by atoms with Crippen LogP contribution < -0.4 is 15.2 Å². The van der Waals surface area contributed by atoms with Gasteiger partial charge >= 0.3 is 5.97 Å². The van der Waals surface area contributed by atoms with E-state index < -0.39 is 12.0 Å². The number of methoxy groups -OCH3 is 1. The number of hydrogen-bond acceptors (Lipinski definition) is 6. The maximum Gasteiger partial charge on any atom is 0.328 e. The van der Waals surface area contributed by atoms with Crippen LogP contribution in [0.25, 0.3) is 0 Å². The van der Waals surface area contributed by atoms with Crippen molar-refractivity contribution in [1.82, 2.24) is 4.90 Å². The lowest BCUT2D eigenvalue weighted by Crippen LogP contribution is -2.46. The van der Waals surface area contributed by atoms with Gasteiger partial charge in [0.1, 0.15) is 25.0 Å². The van der Waals surface area contributed by atoms with Crippen LogP contribution in [0.2, 0.25) is 10.0 Å². The number of nitrogens with two attached hydrogens (primary N) is 1. The highest BCUT2D eigenvalue weighted by Crippen LogP contribution is 2.32. The smallest absolute Gasteiger partial charge is 0.328 e. The van der Waals surface area contributed by atoms with Gasteiger partial charge < -0.3 is 24.8 Å². The van der Waals surface area contributed by atoms with E-state index in [9.17, 15) is 9.59 Å². The molecule has 186 valence electrons. The third-order valence-electron chi connectivity index (χ3n) is 5.57. The molecule has 1 aliphatic rings. The van der Waals surface area contributed by atoms with Crippen molar-refractivity contribution in [3.63, 3.8) is 0 Å². The molecule has 2 N–H and O–H groups in total. The SMILES string of the molecule is COC(=O)C1CCCN1C(=O)C(CN)Cc1ccc(OCCOc2c(Cl)cccc2Cl)cc1.Cl. The molecule has 0 saturated carbocycles. The first-order chi connectivity index (χ1) is 15.9. The minimum absolute atomic E-state index is 0. The molecule has 2 unspecified atom stereocenters. The Morgan fingerprint density at radius 1 is 1.09 bits per heavy atom. The highest BCUT2D eigenvalue weighted by Gasteiger charge is 2.37. The molecule has 34 heavy (non-hydrogen) atoms. The summed E-state index contributed by atoms with van der Waals surface area (Å²) in [4.78, 5) is 26.6. The molecular weight excluding hydrogens is 503 g/mol. The number of benzene rings is 2. The fourth-order valence-electron chi connectivity index (χ4n) is 3.85. The highest BCUT2D eigenvalue weighted by atomic mass is 35.5. The maximum atomic E-state index is 13.0. The Labute approximate surface area is 215 Å². The van der Waals surface area contributed by atoms with Crippen LogP contribution in [0.4, 0.5) is 0 Å². The van der Waals surface area contributed by atoms with Crippen LogP contribution >= 0.6 is 35.6 Å². The van der Waals surface area contributed by atoms with E-state index in [1.165, 1.54) is 7.11 Å². The molecule has 1 aliphatic heterocycles. The zero-order valence-corrected chi connectivity index (χ0v) is 21.2. The van der Waals surface area contributed by atoms with Gasteiger partial charge in [-0.15, -0.1) is 12.4 Å². The maximum absolute atomic E-state index is 13.0. The molecule has 10 heteroatoms. The summed E-state index contributed by atoms with van der Waals surface area (Å²) >= 11 is 12.2. The van der Waals surface area contributed by atoms with Gasteiger partial charge in [0.15, 0.2) is 5.75 Å². The fourth-order valence-corrected chi connectivity index (χ4v) is 4.35. The molecule has 2 aromatic carbocycles. The summed E-state index contributed by atoms with van der Waals surface area (Å²) in [5.41, 5.74) is 6.86. The second kappa shape index (κ2) is 13.6. The van der Waals surface area contributed by atoms with Crippen molar-refractivity contribution in [1.29, 1.82) is 0 Å². The second-order valence-corrected chi connectivity index (χ2v) is 8.56. The minimum atomic E-state index is -0.518. The Bertz CT molecular complexity index is 938. The lowest BCUT2D eigenvalue weighted by molar-refractivity contribution is -0.152. The summed E-state index contributed by atoms with van der Waals surface area (Å²) in [5, 5.41) is 0.894. The van der Waals surface area contributed by atoms with Crippen molar-refractivity contribution >= 4 is 47.5 Å². The molecule has 0 spiro atoms. The van der Waals surface area contributed by atoms with Crippen LogP contribution in [0.15, 0.2) is 42.5 Å². The molecule has 0 bridgehead atoms. The van der Waals surface area contributed by atoms with Crippen LogP contribution in [0.3, 0.4) is 0 Å². The molecule has 1 fully saturated rings. The first-order valence-electron chi connectivity index (χ1n) is 10.8. The zero-order valence-electron chi connectivity index (χ0n) is 18.9. The quantitative estimate of drug-likeness (QED) is 0.366. The van der Waals surface area contributed by atoms with E-state index in [4.69, 9.17) is 43.1 Å². The molecule has 1 amide bonds. The van der Waals surface area contributed by atoms with E-state index in [1.54, 1.807) is 23.1 Å². The number of likely N-dealkylation sites (tertiary alicyclic amines) is 1. The number of halogens is 3. The molecule has 2 aromatic rings. The van der Waals surface area contributed by atoms with Gasteiger partial charge in [0.2, 0.25) is 5.91 Å². The average molecular weight is 532 g/mol. The number of carbonyl (C=O) groups is 2.